The van der Waals surface area contributed by atoms with E-state index in [1.54, 1.807) is 7.11 Å². The zero-order valence-corrected chi connectivity index (χ0v) is 9.04. The summed E-state index contributed by atoms with van der Waals surface area (Å²) in [6.45, 7) is 7.05. The maximum Gasteiger partial charge on any atom is 0.0704 e. The largest absolute Gasteiger partial charge is 0.385 e. The van der Waals surface area contributed by atoms with E-state index in [0.29, 0.717) is 19.3 Å². The van der Waals surface area contributed by atoms with Crippen LogP contribution in [-0.2, 0) is 14.2 Å². The van der Waals surface area contributed by atoms with Crippen molar-refractivity contribution in [1.82, 2.24) is 0 Å². The van der Waals surface area contributed by atoms with E-state index in [-0.39, 0.29) is 0 Å². The molecule has 0 fully saturated rings. The fourth-order valence-corrected chi connectivity index (χ4v) is 1.05. The third-order valence-electron chi connectivity index (χ3n) is 1.79. The highest BCUT2D eigenvalue weighted by Crippen LogP contribution is 2.01. The smallest absolute Gasteiger partial charge is 0.0704 e. The summed E-state index contributed by atoms with van der Waals surface area (Å²) in [6.07, 6.45) is 2.43. The molecule has 0 spiro atoms. The number of hydrogen-bond donors (Lipinski definition) is 0. The number of rotatable bonds is 9. The van der Waals surface area contributed by atoms with E-state index in [4.69, 9.17) is 14.2 Å². The SMILES string of the molecule is CCOCCOC(C)CCCOC. The standard InChI is InChI=1S/C10H22O3/c1-4-12-8-9-13-10(2)6-5-7-11-3/h10H,4-9H2,1-3H3. The van der Waals surface area contributed by atoms with Crippen LogP contribution >= 0.6 is 0 Å². The summed E-state index contributed by atoms with van der Waals surface area (Å²) in [7, 11) is 1.72. The van der Waals surface area contributed by atoms with Gasteiger partial charge < -0.3 is 14.2 Å². The van der Waals surface area contributed by atoms with Crippen LogP contribution in [0.15, 0.2) is 0 Å². The van der Waals surface area contributed by atoms with Crippen LogP contribution in [-0.4, -0.2) is 39.6 Å². The van der Waals surface area contributed by atoms with E-state index in [1.165, 1.54) is 0 Å². The lowest BCUT2D eigenvalue weighted by Gasteiger charge is -2.12. The average molecular weight is 190 g/mol. The second-order valence-electron chi connectivity index (χ2n) is 3.01. The third kappa shape index (κ3) is 9.80. The maximum atomic E-state index is 5.51. The molecular weight excluding hydrogens is 168 g/mol. The van der Waals surface area contributed by atoms with Crippen LogP contribution in [0.25, 0.3) is 0 Å². The van der Waals surface area contributed by atoms with Gasteiger partial charge in [0, 0.05) is 20.3 Å². The van der Waals surface area contributed by atoms with Gasteiger partial charge in [-0.2, -0.15) is 0 Å². The molecule has 0 aliphatic rings. The Bertz CT molecular complexity index is 96.2. The monoisotopic (exact) mass is 190 g/mol. The van der Waals surface area contributed by atoms with Gasteiger partial charge >= 0.3 is 0 Å². The second kappa shape index (κ2) is 9.96. The predicted molar refractivity (Wildman–Crippen MR) is 53.0 cm³/mol. The molecule has 0 aromatic carbocycles. The quantitative estimate of drug-likeness (QED) is 0.519. The Hall–Kier alpha value is -0.120. The molecule has 0 aliphatic heterocycles. The fraction of sp³-hybridized carbons (Fsp3) is 1.00. The van der Waals surface area contributed by atoms with Gasteiger partial charge in [0.2, 0.25) is 0 Å². The summed E-state index contributed by atoms with van der Waals surface area (Å²) in [4.78, 5) is 0. The van der Waals surface area contributed by atoms with E-state index < -0.39 is 0 Å². The van der Waals surface area contributed by atoms with Gasteiger partial charge in [0.15, 0.2) is 0 Å². The van der Waals surface area contributed by atoms with Crippen molar-refractivity contribution in [3.05, 3.63) is 0 Å². The lowest BCUT2D eigenvalue weighted by molar-refractivity contribution is 0.00895. The van der Waals surface area contributed by atoms with Crippen molar-refractivity contribution >= 4 is 0 Å². The normalized spacial score (nSPS) is 13.2. The summed E-state index contributed by atoms with van der Waals surface area (Å²) < 4.78 is 15.6. The summed E-state index contributed by atoms with van der Waals surface area (Å²) >= 11 is 0. The van der Waals surface area contributed by atoms with Gasteiger partial charge in [-0.05, 0) is 26.7 Å². The molecule has 13 heavy (non-hydrogen) atoms. The minimum absolute atomic E-state index is 0.315. The highest BCUT2D eigenvalue weighted by Gasteiger charge is 2.00. The molecule has 0 saturated carbocycles. The van der Waals surface area contributed by atoms with Crippen LogP contribution in [0.2, 0.25) is 0 Å². The van der Waals surface area contributed by atoms with Crippen LogP contribution in [0, 0.1) is 0 Å². The second-order valence-corrected chi connectivity index (χ2v) is 3.01. The average Bonchev–Trinajstić information content (AvgIpc) is 2.13. The minimum atomic E-state index is 0.315. The molecule has 0 bridgehead atoms. The van der Waals surface area contributed by atoms with Crippen molar-refractivity contribution in [3.8, 4) is 0 Å². The molecule has 80 valence electrons. The molecule has 0 aromatic heterocycles. The van der Waals surface area contributed by atoms with Gasteiger partial charge in [0.1, 0.15) is 0 Å². The maximum absolute atomic E-state index is 5.51. The Kier molecular flexibility index (Phi) is 9.87. The number of ether oxygens (including phenoxy) is 3. The summed E-state index contributed by atoms with van der Waals surface area (Å²) in [5, 5.41) is 0. The first-order valence-corrected chi connectivity index (χ1v) is 4.99. The van der Waals surface area contributed by atoms with Crippen molar-refractivity contribution in [2.75, 3.05) is 33.5 Å². The summed E-state index contributed by atoms with van der Waals surface area (Å²) in [5.74, 6) is 0. The Balaban J connectivity index is 3.05. The molecule has 0 aromatic rings. The molecule has 0 radical (unpaired) electrons. The molecule has 0 saturated heterocycles. The Morgan fingerprint density at radius 2 is 1.92 bits per heavy atom. The Morgan fingerprint density at radius 3 is 2.54 bits per heavy atom. The highest BCUT2D eigenvalue weighted by atomic mass is 16.5. The zero-order chi connectivity index (χ0) is 9.94. The first-order chi connectivity index (χ1) is 6.31. The molecular formula is C10H22O3. The van der Waals surface area contributed by atoms with Crippen molar-refractivity contribution in [3.63, 3.8) is 0 Å². The lowest BCUT2D eigenvalue weighted by atomic mass is 10.2. The third-order valence-corrected chi connectivity index (χ3v) is 1.79. The van der Waals surface area contributed by atoms with Crippen LogP contribution in [0.3, 0.4) is 0 Å². The molecule has 0 N–H and O–H groups in total. The molecule has 0 heterocycles. The number of hydrogen-bond acceptors (Lipinski definition) is 3. The van der Waals surface area contributed by atoms with E-state index in [1.807, 2.05) is 6.92 Å². The molecule has 1 unspecified atom stereocenters. The van der Waals surface area contributed by atoms with Crippen molar-refractivity contribution in [2.24, 2.45) is 0 Å². The lowest BCUT2D eigenvalue weighted by Crippen LogP contribution is -2.13. The molecule has 3 heteroatoms. The molecule has 3 nitrogen and oxygen atoms in total. The van der Waals surface area contributed by atoms with Gasteiger partial charge in [-0.3, -0.25) is 0 Å². The van der Waals surface area contributed by atoms with E-state index in [2.05, 4.69) is 6.92 Å². The van der Waals surface area contributed by atoms with Crippen molar-refractivity contribution in [1.29, 1.82) is 0 Å². The summed E-state index contributed by atoms with van der Waals surface area (Å²) in [6, 6.07) is 0. The van der Waals surface area contributed by atoms with Crippen LogP contribution < -0.4 is 0 Å². The fourth-order valence-electron chi connectivity index (χ4n) is 1.05. The molecule has 0 amide bonds. The highest BCUT2D eigenvalue weighted by molar-refractivity contribution is 4.49. The van der Waals surface area contributed by atoms with E-state index >= 15 is 0 Å². The van der Waals surface area contributed by atoms with Crippen molar-refractivity contribution < 1.29 is 14.2 Å². The molecule has 0 rings (SSSR count). The van der Waals surface area contributed by atoms with Gasteiger partial charge in [-0.25, -0.2) is 0 Å². The zero-order valence-electron chi connectivity index (χ0n) is 9.04. The summed E-state index contributed by atoms with van der Waals surface area (Å²) in [5.41, 5.74) is 0. The van der Waals surface area contributed by atoms with Gasteiger partial charge in [-0.15, -0.1) is 0 Å². The molecule has 0 aliphatic carbocycles. The first kappa shape index (κ1) is 12.9. The predicted octanol–water partition coefficient (Wildman–Crippen LogP) is 1.85. The first-order valence-electron chi connectivity index (χ1n) is 4.99. The van der Waals surface area contributed by atoms with Gasteiger partial charge in [0.05, 0.1) is 19.3 Å². The van der Waals surface area contributed by atoms with E-state index in [9.17, 15) is 0 Å². The van der Waals surface area contributed by atoms with Gasteiger partial charge in [0.25, 0.3) is 0 Å². The Labute approximate surface area is 81.4 Å². The molecule has 1 atom stereocenters. The van der Waals surface area contributed by atoms with Crippen molar-refractivity contribution in [2.45, 2.75) is 32.8 Å². The van der Waals surface area contributed by atoms with Crippen LogP contribution in [0.1, 0.15) is 26.7 Å². The topological polar surface area (TPSA) is 27.7 Å². The minimum Gasteiger partial charge on any atom is -0.385 e. The van der Waals surface area contributed by atoms with Crippen LogP contribution in [0.4, 0.5) is 0 Å². The number of methoxy groups -OCH3 is 1. The van der Waals surface area contributed by atoms with E-state index in [0.717, 1.165) is 26.1 Å². The van der Waals surface area contributed by atoms with Crippen LogP contribution in [0.5, 0.6) is 0 Å². The Morgan fingerprint density at radius 1 is 1.15 bits per heavy atom. The van der Waals surface area contributed by atoms with Gasteiger partial charge in [-0.1, -0.05) is 0 Å².